The molecular weight excluding hydrogens is 212 g/mol. The molecule has 0 saturated carbocycles. The molecule has 1 atom stereocenters. The Morgan fingerprint density at radius 3 is 2.47 bits per heavy atom. The Kier molecular flexibility index (Phi) is 7.09. The van der Waals surface area contributed by atoms with E-state index in [2.05, 4.69) is 31.0 Å². The van der Waals surface area contributed by atoms with Crippen molar-refractivity contribution in [3.8, 4) is 0 Å². The van der Waals surface area contributed by atoms with Gasteiger partial charge in [0.2, 0.25) is 0 Å². The summed E-state index contributed by atoms with van der Waals surface area (Å²) in [7, 11) is 0. The number of nitrogens with one attached hydrogen (secondary N) is 1. The maximum atomic E-state index is 9.42. The zero-order valence-electron chi connectivity index (χ0n) is 11.8. The first kappa shape index (κ1) is 14.9. The Bertz CT molecular complexity index is 189. The van der Waals surface area contributed by atoms with Gasteiger partial charge in [-0.15, -0.1) is 0 Å². The fraction of sp³-hybridized carbons (Fsp3) is 1.00. The summed E-state index contributed by atoms with van der Waals surface area (Å²) >= 11 is 0. The lowest BCUT2D eigenvalue weighted by molar-refractivity contribution is 0.0820. The Balaban J connectivity index is 1.97. The van der Waals surface area contributed by atoms with Crippen LogP contribution >= 0.6 is 0 Å². The molecule has 1 fully saturated rings. The number of likely N-dealkylation sites (tertiary alicyclic amines) is 1. The van der Waals surface area contributed by atoms with E-state index in [0.717, 1.165) is 38.4 Å². The Morgan fingerprint density at radius 1 is 1.24 bits per heavy atom. The van der Waals surface area contributed by atoms with E-state index in [4.69, 9.17) is 0 Å². The van der Waals surface area contributed by atoms with Crippen LogP contribution in [0.4, 0.5) is 0 Å². The summed E-state index contributed by atoms with van der Waals surface area (Å²) in [4.78, 5) is 2.47. The molecule has 1 rings (SSSR count). The minimum absolute atomic E-state index is 0.0459. The molecule has 0 aromatic heterocycles. The third-order valence-corrected chi connectivity index (χ3v) is 3.53. The Labute approximate surface area is 107 Å². The largest absolute Gasteiger partial charge is 0.393 e. The number of hydrogen-bond donors (Lipinski definition) is 2. The van der Waals surface area contributed by atoms with Crippen molar-refractivity contribution in [1.82, 2.24) is 10.2 Å². The van der Waals surface area contributed by atoms with Crippen molar-refractivity contribution >= 4 is 0 Å². The summed E-state index contributed by atoms with van der Waals surface area (Å²) in [6.45, 7) is 11.3. The molecule has 0 aromatic carbocycles. The molecule has 0 radical (unpaired) electrons. The van der Waals surface area contributed by atoms with E-state index in [0.29, 0.717) is 6.04 Å². The third-order valence-electron chi connectivity index (χ3n) is 3.53. The predicted octanol–water partition coefficient (Wildman–Crippen LogP) is 1.86. The van der Waals surface area contributed by atoms with Gasteiger partial charge in [-0.1, -0.05) is 13.8 Å². The fourth-order valence-electron chi connectivity index (χ4n) is 2.58. The number of aliphatic hydroxyl groups excluding tert-OH is 1. The minimum Gasteiger partial charge on any atom is -0.393 e. The van der Waals surface area contributed by atoms with Gasteiger partial charge in [-0.05, 0) is 51.6 Å². The monoisotopic (exact) mass is 242 g/mol. The highest BCUT2D eigenvalue weighted by Crippen LogP contribution is 2.09. The first-order chi connectivity index (χ1) is 8.08. The lowest BCUT2D eigenvalue weighted by Gasteiger charge is -2.29. The molecule has 3 heteroatoms. The summed E-state index contributed by atoms with van der Waals surface area (Å²) < 4.78 is 0. The van der Waals surface area contributed by atoms with Crippen molar-refractivity contribution in [3.63, 3.8) is 0 Å². The van der Waals surface area contributed by atoms with Crippen LogP contribution in [0.1, 0.15) is 46.5 Å². The quantitative estimate of drug-likeness (QED) is 0.669. The zero-order chi connectivity index (χ0) is 12.7. The van der Waals surface area contributed by atoms with Crippen molar-refractivity contribution in [2.24, 2.45) is 5.92 Å². The highest BCUT2D eigenvalue weighted by molar-refractivity contribution is 4.71. The SMILES string of the molecule is CC(C)CC(C)NCCCN1CCC(O)CC1. The summed E-state index contributed by atoms with van der Waals surface area (Å²) in [5.41, 5.74) is 0. The van der Waals surface area contributed by atoms with Crippen LogP contribution in [0.3, 0.4) is 0 Å². The molecule has 2 N–H and O–H groups in total. The van der Waals surface area contributed by atoms with E-state index in [-0.39, 0.29) is 6.10 Å². The van der Waals surface area contributed by atoms with Crippen molar-refractivity contribution in [2.75, 3.05) is 26.2 Å². The van der Waals surface area contributed by atoms with Gasteiger partial charge in [-0.25, -0.2) is 0 Å². The average molecular weight is 242 g/mol. The molecule has 3 nitrogen and oxygen atoms in total. The molecule has 0 bridgehead atoms. The minimum atomic E-state index is -0.0459. The van der Waals surface area contributed by atoms with Gasteiger partial charge in [-0.2, -0.15) is 0 Å². The number of piperidine rings is 1. The molecule has 0 spiro atoms. The first-order valence-electron chi connectivity index (χ1n) is 7.21. The average Bonchev–Trinajstić information content (AvgIpc) is 2.26. The fourth-order valence-corrected chi connectivity index (χ4v) is 2.58. The van der Waals surface area contributed by atoms with E-state index in [1.54, 1.807) is 0 Å². The van der Waals surface area contributed by atoms with E-state index in [1.807, 2.05) is 0 Å². The van der Waals surface area contributed by atoms with Crippen molar-refractivity contribution in [2.45, 2.75) is 58.6 Å². The van der Waals surface area contributed by atoms with Crippen LogP contribution in [0.15, 0.2) is 0 Å². The van der Waals surface area contributed by atoms with Gasteiger partial charge >= 0.3 is 0 Å². The van der Waals surface area contributed by atoms with E-state index < -0.39 is 0 Å². The van der Waals surface area contributed by atoms with Crippen LogP contribution in [0.5, 0.6) is 0 Å². The van der Waals surface area contributed by atoms with Crippen LogP contribution in [-0.2, 0) is 0 Å². The van der Waals surface area contributed by atoms with Crippen LogP contribution < -0.4 is 5.32 Å². The smallest absolute Gasteiger partial charge is 0.0564 e. The molecular formula is C14H30N2O. The zero-order valence-corrected chi connectivity index (χ0v) is 11.8. The second-order valence-electron chi connectivity index (χ2n) is 5.91. The molecule has 0 amide bonds. The summed E-state index contributed by atoms with van der Waals surface area (Å²) in [6.07, 6.45) is 4.35. The third kappa shape index (κ3) is 7.02. The summed E-state index contributed by atoms with van der Waals surface area (Å²) in [6, 6.07) is 0.637. The van der Waals surface area contributed by atoms with Gasteiger partial charge in [0.05, 0.1) is 6.10 Å². The summed E-state index contributed by atoms with van der Waals surface area (Å²) in [5.74, 6) is 0.779. The lowest BCUT2D eigenvalue weighted by Crippen LogP contribution is -2.38. The summed E-state index contributed by atoms with van der Waals surface area (Å²) in [5, 5.41) is 13.0. The molecule has 102 valence electrons. The normalized spacial score (nSPS) is 21.0. The molecule has 1 heterocycles. The van der Waals surface area contributed by atoms with Crippen LogP contribution in [0.2, 0.25) is 0 Å². The number of nitrogens with zero attached hydrogens (tertiary/aromatic N) is 1. The standard InChI is InChI=1S/C14H30N2O/c1-12(2)11-13(3)15-7-4-8-16-9-5-14(17)6-10-16/h12-15,17H,4-11H2,1-3H3. The second kappa shape index (κ2) is 8.06. The molecule has 1 aliphatic heterocycles. The van der Waals surface area contributed by atoms with Crippen LogP contribution in [0.25, 0.3) is 0 Å². The maximum Gasteiger partial charge on any atom is 0.0564 e. The van der Waals surface area contributed by atoms with Gasteiger partial charge in [0.15, 0.2) is 0 Å². The molecule has 0 aliphatic carbocycles. The van der Waals surface area contributed by atoms with Crippen molar-refractivity contribution in [3.05, 3.63) is 0 Å². The molecule has 0 aromatic rings. The molecule has 1 saturated heterocycles. The molecule has 1 unspecified atom stereocenters. The van der Waals surface area contributed by atoms with Gasteiger partial charge in [0, 0.05) is 19.1 Å². The highest BCUT2D eigenvalue weighted by atomic mass is 16.3. The van der Waals surface area contributed by atoms with Gasteiger partial charge in [0.25, 0.3) is 0 Å². The number of aliphatic hydroxyl groups is 1. The van der Waals surface area contributed by atoms with E-state index in [1.165, 1.54) is 19.4 Å². The van der Waals surface area contributed by atoms with Gasteiger partial charge in [-0.3, -0.25) is 0 Å². The number of rotatable bonds is 7. The molecule has 17 heavy (non-hydrogen) atoms. The maximum absolute atomic E-state index is 9.42. The van der Waals surface area contributed by atoms with Gasteiger partial charge < -0.3 is 15.3 Å². The Morgan fingerprint density at radius 2 is 1.88 bits per heavy atom. The lowest BCUT2D eigenvalue weighted by atomic mass is 10.1. The van der Waals surface area contributed by atoms with Crippen molar-refractivity contribution in [1.29, 1.82) is 0 Å². The van der Waals surface area contributed by atoms with E-state index >= 15 is 0 Å². The Hall–Kier alpha value is -0.120. The van der Waals surface area contributed by atoms with E-state index in [9.17, 15) is 5.11 Å². The van der Waals surface area contributed by atoms with Crippen LogP contribution in [0, 0.1) is 5.92 Å². The predicted molar refractivity (Wildman–Crippen MR) is 73.2 cm³/mol. The first-order valence-corrected chi connectivity index (χ1v) is 7.21. The second-order valence-corrected chi connectivity index (χ2v) is 5.91. The molecule has 1 aliphatic rings. The van der Waals surface area contributed by atoms with Gasteiger partial charge in [0.1, 0.15) is 0 Å². The number of hydrogen-bond acceptors (Lipinski definition) is 3. The van der Waals surface area contributed by atoms with Crippen molar-refractivity contribution < 1.29 is 5.11 Å². The highest BCUT2D eigenvalue weighted by Gasteiger charge is 2.16. The van der Waals surface area contributed by atoms with Crippen LogP contribution in [-0.4, -0.2) is 48.3 Å². The topological polar surface area (TPSA) is 35.5 Å².